The summed E-state index contributed by atoms with van der Waals surface area (Å²) in [7, 11) is 1.49. The number of carbonyl (C=O) groups is 2. The number of methoxy groups -OCH3 is 1. The van der Waals surface area contributed by atoms with Crippen molar-refractivity contribution in [3.63, 3.8) is 0 Å². The Balaban J connectivity index is 1.48. The van der Waals surface area contributed by atoms with Crippen LogP contribution in [-0.4, -0.2) is 77.3 Å². The lowest BCUT2D eigenvalue weighted by molar-refractivity contribution is -0.139. The van der Waals surface area contributed by atoms with Gasteiger partial charge in [-0.1, -0.05) is 31.7 Å². The van der Waals surface area contributed by atoms with Crippen LogP contribution in [0.1, 0.15) is 56.1 Å². The summed E-state index contributed by atoms with van der Waals surface area (Å²) < 4.78 is 23.6. The zero-order valence-electron chi connectivity index (χ0n) is 25.4. The highest BCUT2D eigenvalue weighted by Gasteiger charge is 2.41. The number of hydrogen-bond acceptors (Lipinski definition) is 9. The molecule has 2 amide bonds. The quantitative estimate of drug-likeness (QED) is 0.227. The molecule has 1 saturated carbocycles. The minimum atomic E-state index is -1.19. The first-order valence-corrected chi connectivity index (χ1v) is 16.5. The highest BCUT2D eigenvalue weighted by Crippen LogP contribution is 2.38. The number of fused-ring (bicyclic) bond motifs is 1. The van der Waals surface area contributed by atoms with E-state index in [0.29, 0.717) is 50.0 Å². The lowest BCUT2D eigenvalue weighted by Gasteiger charge is -2.41. The number of ether oxygens (including phenoxy) is 4. The van der Waals surface area contributed by atoms with Crippen LogP contribution >= 0.6 is 22.6 Å². The number of rotatable bonds is 13. The number of benzene rings is 2. The first-order chi connectivity index (χ1) is 21.8. The van der Waals surface area contributed by atoms with Crippen molar-refractivity contribution in [2.45, 2.75) is 76.3 Å². The van der Waals surface area contributed by atoms with Gasteiger partial charge in [0.2, 0.25) is 18.6 Å². The van der Waals surface area contributed by atoms with E-state index in [-0.39, 0.29) is 45.4 Å². The van der Waals surface area contributed by atoms with Crippen molar-refractivity contribution in [2.24, 2.45) is 5.92 Å². The lowest BCUT2D eigenvalue weighted by Crippen LogP contribution is -2.54. The Bertz CT molecular complexity index is 1390. The Kier molecular flexibility index (Phi) is 11.5. The van der Waals surface area contributed by atoms with Gasteiger partial charge in [0.05, 0.1) is 29.9 Å². The SMILES string of the molecule is COc1cc(CO)cc(I)c1O[C@H]1C=C(C(=O)NCCO)C[C@@H](N(Cc2ccc3c(c2)OCO3)C(=O)CCC2CCCC2)[C@@H]1O. The Morgan fingerprint density at radius 1 is 1.09 bits per heavy atom. The zero-order chi connectivity index (χ0) is 31.9. The summed E-state index contributed by atoms with van der Waals surface area (Å²) in [5, 5.41) is 33.6. The largest absolute Gasteiger partial charge is 0.493 e. The summed E-state index contributed by atoms with van der Waals surface area (Å²) in [5.41, 5.74) is 1.77. The van der Waals surface area contributed by atoms with Crippen LogP contribution in [0, 0.1) is 9.49 Å². The molecule has 45 heavy (non-hydrogen) atoms. The average molecular weight is 737 g/mol. The van der Waals surface area contributed by atoms with Crippen molar-refractivity contribution in [1.82, 2.24) is 10.2 Å². The molecule has 4 N–H and O–H groups in total. The normalized spacial score (nSPS) is 20.9. The van der Waals surface area contributed by atoms with Gasteiger partial charge in [0.25, 0.3) is 0 Å². The molecule has 2 aromatic carbocycles. The van der Waals surface area contributed by atoms with Crippen LogP contribution in [0.25, 0.3) is 0 Å². The van der Waals surface area contributed by atoms with Gasteiger partial charge in [-0.05, 0) is 76.4 Å². The van der Waals surface area contributed by atoms with E-state index in [0.717, 1.165) is 24.8 Å². The molecule has 1 heterocycles. The maximum absolute atomic E-state index is 14.0. The highest BCUT2D eigenvalue weighted by molar-refractivity contribution is 14.1. The molecule has 0 radical (unpaired) electrons. The van der Waals surface area contributed by atoms with Crippen LogP contribution in [0.5, 0.6) is 23.0 Å². The molecule has 0 bridgehead atoms. The van der Waals surface area contributed by atoms with Crippen molar-refractivity contribution < 1.29 is 43.9 Å². The van der Waals surface area contributed by atoms with Crippen LogP contribution in [0.15, 0.2) is 42.0 Å². The fraction of sp³-hybridized carbons (Fsp3) is 0.515. The fourth-order valence-corrected chi connectivity index (χ4v) is 7.08. The second-order valence-electron chi connectivity index (χ2n) is 11.7. The molecule has 3 aliphatic rings. The van der Waals surface area contributed by atoms with Gasteiger partial charge in [-0.3, -0.25) is 9.59 Å². The predicted molar refractivity (Wildman–Crippen MR) is 173 cm³/mol. The van der Waals surface area contributed by atoms with Gasteiger partial charge >= 0.3 is 0 Å². The summed E-state index contributed by atoms with van der Waals surface area (Å²) in [6, 6.07) is 8.12. The molecular weight excluding hydrogens is 695 g/mol. The standard InChI is InChI=1S/C33H41IN2O9/c1-42-29-14-22(18-38)12-24(34)32(29)45-28-16-23(33(41)35-10-11-37)15-25(31(28)40)36(30(39)9-7-20-4-2-3-5-20)17-21-6-8-26-27(13-21)44-19-43-26/h6,8,12-14,16,20,25,28,31,37-38,40H,2-5,7,9-11,15,17-19H2,1H3,(H,35,41)/t25-,28+,31+/m1/s1. The monoisotopic (exact) mass is 736 g/mol. The Labute approximate surface area is 276 Å². The van der Waals surface area contributed by atoms with E-state index >= 15 is 0 Å². The summed E-state index contributed by atoms with van der Waals surface area (Å²) in [6.07, 6.45) is 5.15. The molecule has 1 fully saturated rings. The van der Waals surface area contributed by atoms with E-state index in [4.69, 9.17) is 18.9 Å². The minimum Gasteiger partial charge on any atom is -0.493 e. The van der Waals surface area contributed by atoms with E-state index in [1.807, 2.05) is 12.1 Å². The molecule has 12 heteroatoms. The number of aliphatic hydroxyl groups excluding tert-OH is 3. The third-order valence-electron chi connectivity index (χ3n) is 8.69. The highest BCUT2D eigenvalue weighted by atomic mass is 127. The van der Waals surface area contributed by atoms with Crippen LogP contribution in [0.2, 0.25) is 0 Å². The van der Waals surface area contributed by atoms with Crippen molar-refractivity contribution in [2.75, 3.05) is 27.1 Å². The van der Waals surface area contributed by atoms with Crippen molar-refractivity contribution in [3.05, 3.63) is 56.7 Å². The van der Waals surface area contributed by atoms with Crippen LogP contribution in [-0.2, 0) is 22.7 Å². The molecule has 1 aliphatic heterocycles. The van der Waals surface area contributed by atoms with Crippen LogP contribution in [0.4, 0.5) is 0 Å². The zero-order valence-corrected chi connectivity index (χ0v) is 27.5. The second kappa shape index (κ2) is 15.5. The Morgan fingerprint density at radius 3 is 2.60 bits per heavy atom. The van der Waals surface area contributed by atoms with Crippen LogP contribution < -0.4 is 24.3 Å². The Hall–Kier alpha value is -3.07. The van der Waals surface area contributed by atoms with Gasteiger partial charge in [-0.2, -0.15) is 0 Å². The molecule has 11 nitrogen and oxygen atoms in total. The van der Waals surface area contributed by atoms with Gasteiger partial charge in [0, 0.05) is 31.5 Å². The number of halogens is 1. The van der Waals surface area contributed by atoms with Crippen molar-refractivity contribution in [3.8, 4) is 23.0 Å². The smallest absolute Gasteiger partial charge is 0.247 e. The summed E-state index contributed by atoms with van der Waals surface area (Å²) >= 11 is 2.07. The molecule has 0 saturated heterocycles. The lowest BCUT2D eigenvalue weighted by atomic mass is 9.87. The predicted octanol–water partition coefficient (Wildman–Crippen LogP) is 3.44. The van der Waals surface area contributed by atoms with Gasteiger partial charge in [0.1, 0.15) is 12.2 Å². The van der Waals surface area contributed by atoms with E-state index in [1.54, 1.807) is 29.2 Å². The van der Waals surface area contributed by atoms with Gasteiger partial charge < -0.3 is 44.5 Å². The van der Waals surface area contributed by atoms with E-state index < -0.39 is 24.2 Å². The van der Waals surface area contributed by atoms with Crippen molar-refractivity contribution >= 4 is 34.4 Å². The third kappa shape index (κ3) is 8.02. The third-order valence-corrected chi connectivity index (χ3v) is 9.49. The molecular formula is C33H41IN2O9. The number of amides is 2. The topological polar surface area (TPSA) is 147 Å². The average Bonchev–Trinajstić information content (AvgIpc) is 3.75. The van der Waals surface area contributed by atoms with E-state index in [2.05, 4.69) is 27.9 Å². The fourth-order valence-electron chi connectivity index (χ4n) is 6.29. The molecule has 0 spiro atoms. The number of carbonyl (C=O) groups excluding carboxylic acids is 2. The van der Waals surface area contributed by atoms with Gasteiger partial charge in [-0.15, -0.1) is 0 Å². The summed E-state index contributed by atoms with van der Waals surface area (Å²) in [6.45, 7) is -0.0420. The summed E-state index contributed by atoms with van der Waals surface area (Å²) in [5.74, 6) is 1.92. The molecule has 3 atom stereocenters. The molecule has 0 aromatic heterocycles. The van der Waals surface area contributed by atoms with Gasteiger partial charge in [-0.25, -0.2) is 0 Å². The Morgan fingerprint density at radius 2 is 1.87 bits per heavy atom. The first kappa shape index (κ1) is 33.3. The van der Waals surface area contributed by atoms with E-state index in [1.165, 1.54) is 20.0 Å². The molecule has 244 valence electrons. The molecule has 0 unspecified atom stereocenters. The molecule has 2 aliphatic carbocycles. The van der Waals surface area contributed by atoms with Gasteiger partial charge in [0.15, 0.2) is 23.0 Å². The van der Waals surface area contributed by atoms with E-state index in [9.17, 15) is 24.9 Å². The first-order valence-electron chi connectivity index (χ1n) is 15.4. The maximum atomic E-state index is 14.0. The molecule has 2 aromatic rings. The number of hydrogen-bond donors (Lipinski definition) is 4. The summed E-state index contributed by atoms with van der Waals surface area (Å²) in [4.78, 5) is 28.9. The number of nitrogens with one attached hydrogen (secondary N) is 1. The molecule has 5 rings (SSSR count). The second-order valence-corrected chi connectivity index (χ2v) is 12.8. The maximum Gasteiger partial charge on any atom is 0.247 e. The van der Waals surface area contributed by atoms with Crippen LogP contribution in [0.3, 0.4) is 0 Å². The number of aliphatic hydroxyl groups is 3. The minimum absolute atomic E-state index is 0.0600. The van der Waals surface area contributed by atoms with Crippen molar-refractivity contribution in [1.29, 1.82) is 0 Å². The number of nitrogens with zero attached hydrogens (tertiary/aromatic N) is 1.